The van der Waals surface area contributed by atoms with Crippen LogP contribution in [0.2, 0.25) is 0 Å². The third-order valence-corrected chi connectivity index (χ3v) is 3.94. The molecule has 0 bridgehead atoms. The fourth-order valence-electron chi connectivity index (χ4n) is 2.75. The summed E-state index contributed by atoms with van der Waals surface area (Å²) in [6.45, 7) is 2.85. The zero-order valence-electron chi connectivity index (χ0n) is 12.1. The number of methoxy groups -OCH3 is 1. The zero-order chi connectivity index (χ0) is 13.7. The van der Waals surface area contributed by atoms with Crippen LogP contribution < -0.4 is 15.2 Å². The van der Waals surface area contributed by atoms with Crippen molar-refractivity contribution in [1.29, 1.82) is 0 Å². The smallest absolute Gasteiger partial charge is 0.164 e. The molecule has 3 heteroatoms. The van der Waals surface area contributed by atoms with Crippen molar-refractivity contribution in [2.75, 3.05) is 13.7 Å². The first-order chi connectivity index (χ1) is 9.26. The Balaban J connectivity index is 2.21. The highest BCUT2D eigenvalue weighted by Gasteiger charge is 2.20. The molecule has 1 saturated carbocycles. The fraction of sp³-hybridized carbons (Fsp3) is 0.625. The highest BCUT2D eigenvalue weighted by molar-refractivity contribution is 5.50. The van der Waals surface area contributed by atoms with Crippen LogP contribution in [0.25, 0.3) is 0 Å². The van der Waals surface area contributed by atoms with E-state index < -0.39 is 0 Å². The Bertz CT molecular complexity index is 411. The van der Waals surface area contributed by atoms with Gasteiger partial charge in [0.2, 0.25) is 0 Å². The second-order valence-corrected chi connectivity index (χ2v) is 5.30. The molecule has 1 fully saturated rings. The van der Waals surface area contributed by atoms with E-state index in [1.807, 2.05) is 6.07 Å². The second kappa shape index (κ2) is 6.80. The first-order valence-electron chi connectivity index (χ1n) is 7.29. The molecule has 0 unspecified atom stereocenters. The molecule has 1 aromatic rings. The molecule has 3 nitrogen and oxygen atoms in total. The molecular formula is C16H25NO2. The summed E-state index contributed by atoms with van der Waals surface area (Å²) in [6, 6.07) is 4.15. The van der Waals surface area contributed by atoms with Crippen LogP contribution >= 0.6 is 0 Å². The SMILES string of the molecule is COc1ccc(CCCN)c(C)c1OC1CCCC1. The lowest BCUT2D eigenvalue weighted by Gasteiger charge is -2.20. The lowest BCUT2D eigenvalue weighted by Crippen LogP contribution is -2.13. The van der Waals surface area contributed by atoms with Crippen LogP contribution in [0.3, 0.4) is 0 Å². The number of benzene rings is 1. The first-order valence-corrected chi connectivity index (χ1v) is 7.29. The lowest BCUT2D eigenvalue weighted by molar-refractivity contribution is 0.199. The number of ether oxygens (including phenoxy) is 2. The molecule has 0 radical (unpaired) electrons. The van der Waals surface area contributed by atoms with E-state index in [1.165, 1.54) is 24.0 Å². The Labute approximate surface area is 116 Å². The van der Waals surface area contributed by atoms with Gasteiger partial charge in [-0.15, -0.1) is 0 Å². The number of aryl methyl sites for hydroxylation is 1. The van der Waals surface area contributed by atoms with Crippen molar-refractivity contribution in [2.24, 2.45) is 5.73 Å². The molecule has 2 N–H and O–H groups in total. The largest absolute Gasteiger partial charge is 0.493 e. The minimum Gasteiger partial charge on any atom is -0.493 e. The maximum absolute atomic E-state index is 6.19. The lowest BCUT2D eigenvalue weighted by atomic mass is 10.0. The highest BCUT2D eigenvalue weighted by Crippen LogP contribution is 2.36. The van der Waals surface area contributed by atoms with Gasteiger partial charge in [0.1, 0.15) is 0 Å². The standard InChI is InChI=1S/C16H25NO2/c1-12-13(6-5-11-17)9-10-15(18-2)16(12)19-14-7-3-4-8-14/h9-10,14H,3-8,11,17H2,1-2H3. The molecule has 0 aliphatic heterocycles. The van der Waals surface area contributed by atoms with Crippen LogP contribution in [0.15, 0.2) is 12.1 Å². The number of rotatable bonds is 6. The highest BCUT2D eigenvalue weighted by atomic mass is 16.5. The Morgan fingerprint density at radius 2 is 2.00 bits per heavy atom. The monoisotopic (exact) mass is 263 g/mol. The van der Waals surface area contributed by atoms with Gasteiger partial charge in [0.25, 0.3) is 0 Å². The van der Waals surface area contributed by atoms with Crippen molar-refractivity contribution in [3.63, 3.8) is 0 Å². The van der Waals surface area contributed by atoms with Crippen molar-refractivity contribution < 1.29 is 9.47 Å². The predicted octanol–water partition coefficient (Wildman–Crippen LogP) is 3.22. The van der Waals surface area contributed by atoms with E-state index in [0.29, 0.717) is 6.10 Å². The van der Waals surface area contributed by atoms with Crippen LogP contribution in [0.5, 0.6) is 11.5 Å². The molecule has 0 amide bonds. The zero-order valence-corrected chi connectivity index (χ0v) is 12.1. The molecule has 0 heterocycles. The Hall–Kier alpha value is -1.22. The molecule has 1 aliphatic carbocycles. The summed E-state index contributed by atoms with van der Waals surface area (Å²) >= 11 is 0. The molecule has 106 valence electrons. The van der Waals surface area contributed by atoms with Gasteiger partial charge in [0, 0.05) is 0 Å². The average Bonchev–Trinajstić information content (AvgIpc) is 2.93. The molecule has 0 aromatic heterocycles. The second-order valence-electron chi connectivity index (χ2n) is 5.30. The molecule has 19 heavy (non-hydrogen) atoms. The molecule has 1 aromatic carbocycles. The van der Waals surface area contributed by atoms with Gasteiger partial charge in [0.15, 0.2) is 11.5 Å². The van der Waals surface area contributed by atoms with Crippen molar-refractivity contribution in [3.05, 3.63) is 23.3 Å². The maximum Gasteiger partial charge on any atom is 0.164 e. The number of hydrogen-bond donors (Lipinski definition) is 1. The fourth-order valence-corrected chi connectivity index (χ4v) is 2.75. The van der Waals surface area contributed by atoms with Crippen LogP contribution in [-0.4, -0.2) is 19.8 Å². The van der Waals surface area contributed by atoms with Crippen molar-refractivity contribution in [3.8, 4) is 11.5 Å². The van der Waals surface area contributed by atoms with Gasteiger partial charge < -0.3 is 15.2 Å². The van der Waals surface area contributed by atoms with Gasteiger partial charge in [-0.1, -0.05) is 6.07 Å². The van der Waals surface area contributed by atoms with Gasteiger partial charge in [0.05, 0.1) is 13.2 Å². The molecule has 0 spiro atoms. The number of hydrogen-bond acceptors (Lipinski definition) is 3. The average molecular weight is 263 g/mol. The van der Waals surface area contributed by atoms with Crippen LogP contribution in [0, 0.1) is 6.92 Å². The molecule has 0 saturated heterocycles. The summed E-state index contributed by atoms with van der Waals surface area (Å²) in [7, 11) is 1.70. The van der Waals surface area contributed by atoms with Gasteiger partial charge in [-0.05, 0) is 69.2 Å². The molecule has 1 aliphatic rings. The summed E-state index contributed by atoms with van der Waals surface area (Å²) in [5.74, 6) is 1.78. The van der Waals surface area contributed by atoms with E-state index in [0.717, 1.165) is 43.7 Å². The quantitative estimate of drug-likeness (QED) is 0.857. The topological polar surface area (TPSA) is 44.5 Å². The van der Waals surface area contributed by atoms with E-state index in [9.17, 15) is 0 Å². The molecule has 2 rings (SSSR count). The van der Waals surface area contributed by atoms with Crippen LogP contribution in [-0.2, 0) is 6.42 Å². The van der Waals surface area contributed by atoms with Crippen molar-refractivity contribution in [2.45, 2.75) is 51.6 Å². The molecular weight excluding hydrogens is 238 g/mol. The van der Waals surface area contributed by atoms with Crippen molar-refractivity contribution >= 4 is 0 Å². The van der Waals surface area contributed by atoms with Gasteiger partial charge >= 0.3 is 0 Å². The van der Waals surface area contributed by atoms with Gasteiger partial charge in [-0.2, -0.15) is 0 Å². The summed E-state index contributed by atoms with van der Waals surface area (Å²) in [6.07, 6.45) is 7.25. The Morgan fingerprint density at radius 3 is 2.63 bits per heavy atom. The van der Waals surface area contributed by atoms with E-state index >= 15 is 0 Å². The van der Waals surface area contributed by atoms with E-state index in [-0.39, 0.29) is 0 Å². The van der Waals surface area contributed by atoms with Crippen molar-refractivity contribution in [1.82, 2.24) is 0 Å². The van der Waals surface area contributed by atoms with Crippen LogP contribution in [0.1, 0.15) is 43.2 Å². The first kappa shape index (κ1) is 14.2. The predicted molar refractivity (Wildman–Crippen MR) is 78.0 cm³/mol. The minimum absolute atomic E-state index is 0.359. The van der Waals surface area contributed by atoms with Crippen LogP contribution in [0.4, 0.5) is 0 Å². The Kier molecular flexibility index (Phi) is 5.08. The molecule has 0 atom stereocenters. The summed E-state index contributed by atoms with van der Waals surface area (Å²) in [4.78, 5) is 0. The maximum atomic E-state index is 6.19. The minimum atomic E-state index is 0.359. The number of nitrogens with two attached hydrogens (primary N) is 1. The third-order valence-electron chi connectivity index (χ3n) is 3.94. The summed E-state index contributed by atoms with van der Waals surface area (Å²) in [5, 5.41) is 0. The third kappa shape index (κ3) is 3.41. The summed E-state index contributed by atoms with van der Waals surface area (Å²) in [5.41, 5.74) is 8.12. The normalized spacial score (nSPS) is 15.7. The van der Waals surface area contributed by atoms with E-state index in [2.05, 4.69) is 13.0 Å². The van der Waals surface area contributed by atoms with Gasteiger partial charge in [-0.25, -0.2) is 0 Å². The summed E-state index contributed by atoms with van der Waals surface area (Å²) < 4.78 is 11.6. The Morgan fingerprint density at radius 1 is 1.26 bits per heavy atom. The van der Waals surface area contributed by atoms with Gasteiger partial charge in [-0.3, -0.25) is 0 Å². The van der Waals surface area contributed by atoms with E-state index in [1.54, 1.807) is 7.11 Å². The van der Waals surface area contributed by atoms with E-state index in [4.69, 9.17) is 15.2 Å².